The zero-order chi connectivity index (χ0) is 23.7. The molecule has 0 radical (unpaired) electrons. The Labute approximate surface area is 189 Å². The molecular weight excluding hydrogens is 429 g/mol. The number of anilines is 1. The normalized spacial score (nSPS) is 17.5. The van der Waals surface area contributed by atoms with E-state index in [9.17, 15) is 19.1 Å². The van der Waals surface area contributed by atoms with E-state index in [1.54, 1.807) is 43.3 Å². The third-order valence-corrected chi connectivity index (χ3v) is 5.30. The molecule has 2 heterocycles. The van der Waals surface area contributed by atoms with Crippen molar-refractivity contribution in [2.45, 2.75) is 19.9 Å². The topological polar surface area (TPSA) is 89.2 Å². The van der Waals surface area contributed by atoms with Crippen LogP contribution in [0.3, 0.4) is 0 Å². The molecule has 170 valence electrons. The van der Waals surface area contributed by atoms with Crippen molar-refractivity contribution in [2.24, 2.45) is 0 Å². The highest BCUT2D eigenvalue weighted by atomic mass is 19.1. The Morgan fingerprint density at radius 3 is 2.61 bits per heavy atom. The number of carbonyl (C=O) groups excluding carboxylic acids is 2. The standard InChI is InChI=1S/C25H22FNO6/c1-4-32-17-7-5-6-16(13-17)27-22(20-10-8-14(2)33-20)21(24(29)25(27)30)23(28)18-12-15(26)9-11-19(18)31-3/h5-13,22,28H,4H2,1-3H3/b23-21-. The first-order chi connectivity index (χ1) is 15.8. The van der Waals surface area contributed by atoms with E-state index in [0.29, 0.717) is 23.8 Å². The van der Waals surface area contributed by atoms with Gasteiger partial charge in [0.2, 0.25) is 0 Å². The van der Waals surface area contributed by atoms with Gasteiger partial charge in [-0.05, 0) is 56.3 Å². The summed E-state index contributed by atoms with van der Waals surface area (Å²) < 4.78 is 30.5. The molecular formula is C25H22FNO6. The molecule has 0 spiro atoms. The highest BCUT2D eigenvalue weighted by molar-refractivity contribution is 6.51. The van der Waals surface area contributed by atoms with E-state index in [2.05, 4.69) is 0 Å². The van der Waals surface area contributed by atoms with Crippen LogP contribution in [0.25, 0.3) is 5.76 Å². The Kier molecular flexibility index (Phi) is 5.91. The minimum Gasteiger partial charge on any atom is -0.507 e. The number of nitrogens with zero attached hydrogens (tertiary/aromatic N) is 1. The summed E-state index contributed by atoms with van der Waals surface area (Å²) in [6.45, 7) is 3.97. The van der Waals surface area contributed by atoms with Crippen LogP contribution in [-0.4, -0.2) is 30.5 Å². The van der Waals surface area contributed by atoms with Crippen LogP contribution in [0.1, 0.15) is 30.0 Å². The summed E-state index contributed by atoms with van der Waals surface area (Å²) in [4.78, 5) is 27.6. The average molecular weight is 451 g/mol. The number of hydrogen-bond donors (Lipinski definition) is 1. The molecule has 1 unspecified atom stereocenters. The molecule has 4 rings (SSSR count). The van der Waals surface area contributed by atoms with E-state index in [1.807, 2.05) is 6.92 Å². The summed E-state index contributed by atoms with van der Waals surface area (Å²) in [7, 11) is 1.36. The van der Waals surface area contributed by atoms with Gasteiger partial charge in [-0.2, -0.15) is 0 Å². The second-order valence-electron chi connectivity index (χ2n) is 7.39. The Morgan fingerprint density at radius 2 is 1.94 bits per heavy atom. The highest BCUT2D eigenvalue weighted by Crippen LogP contribution is 2.44. The molecule has 1 fully saturated rings. The first-order valence-corrected chi connectivity index (χ1v) is 10.3. The van der Waals surface area contributed by atoms with Crippen molar-refractivity contribution < 1.29 is 33.0 Å². The minimum absolute atomic E-state index is 0.0492. The molecule has 1 aliphatic heterocycles. The van der Waals surface area contributed by atoms with Gasteiger partial charge in [0, 0.05) is 11.8 Å². The zero-order valence-corrected chi connectivity index (χ0v) is 18.3. The number of aliphatic hydroxyl groups is 1. The number of methoxy groups -OCH3 is 1. The maximum Gasteiger partial charge on any atom is 0.300 e. The maximum atomic E-state index is 14.0. The lowest BCUT2D eigenvalue weighted by atomic mass is 9.98. The molecule has 2 aromatic carbocycles. The highest BCUT2D eigenvalue weighted by Gasteiger charge is 2.48. The molecule has 1 atom stereocenters. The first-order valence-electron chi connectivity index (χ1n) is 10.3. The maximum absolute atomic E-state index is 14.0. The SMILES string of the molecule is CCOc1cccc(N2C(=O)C(=O)/C(=C(\O)c3cc(F)ccc3OC)C2c2ccc(C)o2)c1. The number of halogens is 1. The third kappa shape index (κ3) is 3.95. The lowest BCUT2D eigenvalue weighted by molar-refractivity contribution is -0.132. The number of furan rings is 1. The number of aryl methyl sites for hydroxylation is 1. The quantitative estimate of drug-likeness (QED) is 0.330. The lowest BCUT2D eigenvalue weighted by Crippen LogP contribution is -2.29. The number of carbonyl (C=O) groups is 2. The third-order valence-electron chi connectivity index (χ3n) is 5.30. The van der Waals surface area contributed by atoms with Crippen molar-refractivity contribution >= 4 is 23.1 Å². The van der Waals surface area contributed by atoms with E-state index in [0.717, 1.165) is 6.07 Å². The van der Waals surface area contributed by atoms with Crippen LogP contribution in [0.2, 0.25) is 0 Å². The van der Waals surface area contributed by atoms with Crippen molar-refractivity contribution in [3.05, 3.63) is 83.1 Å². The van der Waals surface area contributed by atoms with Gasteiger partial charge in [0.05, 0.1) is 24.9 Å². The van der Waals surface area contributed by atoms with E-state index >= 15 is 0 Å². The zero-order valence-electron chi connectivity index (χ0n) is 18.3. The molecule has 1 saturated heterocycles. The molecule has 0 saturated carbocycles. The van der Waals surface area contributed by atoms with Gasteiger partial charge < -0.3 is 19.0 Å². The van der Waals surface area contributed by atoms with Gasteiger partial charge in [0.1, 0.15) is 40.6 Å². The number of rotatable bonds is 6. The molecule has 8 heteroatoms. The smallest absolute Gasteiger partial charge is 0.300 e. The van der Waals surface area contributed by atoms with Crippen LogP contribution < -0.4 is 14.4 Å². The van der Waals surface area contributed by atoms with Crippen LogP contribution in [0.15, 0.2) is 64.6 Å². The monoisotopic (exact) mass is 451 g/mol. The van der Waals surface area contributed by atoms with Crippen molar-refractivity contribution in [2.75, 3.05) is 18.6 Å². The number of ketones is 1. The van der Waals surface area contributed by atoms with E-state index < -0.39 is 29.3 Å². The van der Waals surface area contributed by atoms with E-state index in [4.69, 9.17) is 13.9 Å². The molecule has 1 aromatic heterocycles. The van der Waals surface area contributed by atoms with Gasteiger partial charge in [-0.1, -0.05) is 6.07 Å². The van der Waals surface area contributed by atoms with Gasteiger partial charge in [0.15, 0.2) is 0 Å². The first kappa shape index (κ1) is 22.1. The van der Waals surface area contributed by atoms with Gasteiger partial charge in [-0.3, -0.25) is 14.5 Å². The second-order valence-corrected chi connectivity index (χ2v) is 7.39. The van der Waals surface area contributed by atoms with Crippen LogP contribution in [-0.2, 0) is 9.59 Å². The molecule has 3 aromatic rings. The van der Waals surface area contributed by atoms with Crippen LogP contribution in [0.5, 0.6) is 11.5 Å². The minimum atomic E-state index is -1.08. The van der Waals surface area contributed by atoms with Gasteiger partial charge in [-0.15, -0.1) is 0 Å². The van der Waals surface area contributed by atoms with Crippen molar-refractivity contribution in [3.63, 3.8) is 0 Å². The lowest BCUT2D eigenvalue weighted by Gasteiger charge is -2.24. The summed E-state index contributed by atoms with van der Waals surface area (Å²) in [6.07, 6.45) is 0. The number of aliphatic hydroxyl groups excluding tert-OH is 1. The fourth-order valence-electron chi connectivity index (χ4n) is 3.87. The molecule has 1 amide bonds. The Morgan fingerprint density at radius 1 is 1.15 bits per heavy atom. The molecule has 1 aliphatic rings. The van der Waals surface area contributed by atoms with Gasteiger partial charge in [-0.25, -0.2) is 4.39 Å². The second kappa shape index (κ2) is 8.82. The number of ether oxygens (including phenoxy) is 2. The van der Waals surface area contributed by atoms with E-state index in [1.165, 1.54) is 24.1 Å². The van der Waals surface area contributed by atoms with Gasteiger partial charge >= 0.3 is 0 Å². The summed E-state index contributed by atoms with van der Waals surface area (Å²) in [5.74, 6) is -1.51. The van der Waals surface area contributed by atoms with Crippen molar-refractivity contribution in [3.8, 4) is 11.5 Å². The van der Waals surface area contributed by atoms with Crippen molar-refractivity contribution in [1.29, 1.82) is 0 Å². The molecule has 0 aliphatic carbocycles. The predicted molar refractivity (Wildman–Crippen MR) is 119 cm³/mol. The largest absolute Gasteiger partial charge is 0.507 e. The van der Waals surface area contributed by atoms with Crippen LogP contribution in [0, 0.1) is 12.7 Å². The summed E-state index contributed by atoms with van der Waals surface area (Å²) in [5.41, 5.74) is 0.0965. The number of Topliss-reactive ketones (excluding diaryl/α,β-unsaturated/α-hetero) is 1. The molecule has 0 bridgehead atoms. The van der Waals surface area contributed by atoms with Crippen molar-refractivity contribution in [1.82, 2.24) is 0 Å². The van der Waals surface area contributed by atoms with Crippen LogP contribution >= 0.6 is 0 Å². The fourth-order valence-corrected chi connectivity index (χ4v) is 3.87. The number of hydrogen-bond acceptors (Lipinski definition) is 6. The fraction of sp³-hybridized carbons (Fsp3) is 0.200. The number of benzene rings is 2. The molecule has 1 N–H and O–H groups in total. The Hall–Kier alpha value is -4.07. The molecule has 7 nitrogen and oxygen atoms in total. The van der Waals surface area contributed by atoms with Gasteiger partial charge in [0.25, 0.3) is 11.7 Å². The number of amides is 1. The molecule has 33 heavy (non-hydrogen) atoms. The predicted octanol–water partition coefficient (Wildman–Crippen LogP) is 4.76. The summed E-state index contributed by atoms with van der Waals surface area (Å²) in [5, 5.41) is 11.2. The van der Waals surface area contributed by atoms with E-state index in [-0.39, 0.29) is 22.6 Å². The summed E-state index contributed by atoms with van der Waals surface area (Å²) in [6, 6.07) is 12.5. The average Bonchev–Trinajstić information content (AvgIpc) is 3.34. The summed E-state index contributed by atoms with van der Waals surface area (Å²) >= 11 is 0. The Bertz CT molecular complexity index is 1260. The van der Waals surface area contributed by atoms with Crippen LogP contribution in [0.4, 0.5) is 10.1 Å². The Balaban J connectivity index is 1.95.